The highest BCUT2D eigenvalue weighted by Gasteiger charge is 2.30. The summed E-state index contributed by atoms with van der Waals surface area (Å²) in [4.78, 5) is 23.7. The van der Waals surface area contributed by atoms with Crippen LogP contribution < -0.4 is 5.32 Å². The number of aliphatic carboxylic acids is 1. The standard InChI is InChI=1S/C15H21NO3S/c1-10-8-20-9-12(10)14(17)16-13-7-5-3-2-4-6-11(13)15(18)19/h8-9,11,13H,2-7H2,1H3,(H,16,17)(H,18,19). The fourth-order valence-corrected chi connectivity index (χ4v) is 3.62. The molecule has 2 unspecified atom stereocenters. The van der Waals surface area contributed by atoms with E-state index < -0.39 is 11.9 Å². The van der Waals surface area contributed by atoms with Gasteiger partial charge in [-0.05, 0) is 30.7 Å². The molecule has 0 bridgehead atoms. The minimum Gasteiger partial charge on any atom is -0.481 e. The smallest absolute Gasteiger partial charge is 0.308 e. The van der Waals surface area contributed by atoms with Crippen LogP contribution in [0.1, 0.15) is 54.4 Å². The molecule has 1 aliphatic carbocycles. The van der Waals surface area contributed by atoms with Gasteiger partial charge in [-0.3, -0.25) is 9.59 Å². The molecule has 1 amide bonds. The van der Waals surface area contributed by atoms with Crippen molar-refractivity contribution in [2.75, 3.05) is 0 Å². The van der Waals surface area contributed by atoms with Crippen LogP contribution in [0.4, 0.5) is 0 Å². The Morgan fingerprint density at radius 3 is 2.50 bits per heavy atom. The van der Waals surface area contributed by atoms with E-state index in [0.29, 0.717) is 12.0 Å². The van der Waals surface area contributed by atoms with Crippen molar-refractivity contribution < 1.29 is 14.7 Å². The van der Waals surface area contributed by atoms with Crippen molar-refractivity contribution in [1.82, 2.24) is 5.32 Å². The number of aryl methyl sites for hydroxylation is 1. The second kappa shape index (κ2) is 6.88. The molecule has 1 saturated carbocycles. The van der Waals surface area contributed by atoms with Crippen LogP contribution in [-0.4, -0.2) is 23.0 Å². The highest BCUT2D eigenvalue weighted by Crippen LogP contribution is 2.24. The molecule has 1 aromatic rings. The first kappa shape index (κ1) is 15.0. The van der Waals surface area contributed by atoms with Crippen LogP contribution in [0.3, 0.4) is 0 Å². The number of carboxylic acids is 1. The van der Waals surface area contributed by atoms with Crippen LogP contribution in [-0.2, 0) is 4.79 Å². The Morgan fingerprint density at radius 1 is 1.20 bits per heavy atom. The van der Waals surface area contributed by atoms with Gasteiger partial charge in [-0.2, -0.15) is 11.3 Å². The highest BCUT2D eigenvalue weighted by atomic mass is 32.1. The zero-order valence-electron chi connectivity index (χ0n) is 11.7. The Balaban J connectivity index is 2.08. The van der Waals surface area contributed by atoms with Crippen molar-refractivity contribution in [3.8, 4) is 0 Å². The molecule has 110 valence electrons. The lowest BCUT2D eigenvalue weighted by Gasteiger charge is -2.27. The van der Waals surface area contributed by atoms with Gasteiger partial charge in [-0.1, -0.05) is 25.7 Å². The van der Waals surface area contributed by atoms with Crippen LogP contribution in [0.5, 0.6) is 0 Å². The maximum Gasteiger partial charge on any atom is 0.308 e. The van der Waals surface area contributed by atoms with Crippen molar-refractivity contribution in [3.63, 3.8) is 0 Å². The summed E-state index contributed by atoms with van der Waals surface area (Å²) >= 11 is 1.49. The van der Waals surface area contributed by atoms with Gasteiger partial charge in [0.25, 0.3) is 5.91 Å². The van der Waals surface area contributed by atoms with Crippen LogP contribution in [0.15, 0.2) is 10.8 Å². The monoisotopic (exact) mass is 295 g/mol. The lowest BCUT2D eigenvalue weighted by molar-refractivity contribution is -0.143. The zero-order chi connectivity index (χ0) is 14.5. The molecule has 5 heteroatoms. The second-order valence-electron chi connectivity index (χ2n) is 5.48. The van der Waals surface area contributed by atoms with Gasteiger partial charge in [-0.15, -0.1) is 0 Å². The molecule has 2 atom stereocenters. The number of amides is 1. The van der Waals surface area contributed by atoms with E-state index in [2.05, 4.69) is 5.32 Å². The molecule has 4 nitrogen and oxygen atoms in total. The van der Waals surface area contributed by atoms with E-state index in [-0.39, 0.29) is 11.9 Å². The number of carbonyl (C=O) groups excluding carboxylic acids is 1. The summed E-state index contributed by atoms with van der Waals surface area (Å²) in [6.07, 6.45) is 5.54. The summed E-state index contributed by atoms with van der Waals surface area (Å²) in [7, 11) is 0. The molecule has 0 aromatic carbocycles. The van der Waals surface area contributed by atoms with Gasteiger partial charge in [-0.25, -0.2) is 0 Å². The van der Waals surface area contributed by atoms with Crippen LogP contribution in [0.2, 0.25) is 0 Å². The molecule has 0 aliphatic heterocycles. The van der Waals surface area contributed by atoms with Crippen molar-refractivity contribution in [2.45, 2.75) is 51.5 Å². The second-order valence-corrected chi connectivity index (χ2v) is 6.23. The third-order valence-electron chi connectivity index (χ3n) is 4.00. The Morgan fingerprint density at radius 2 is 1.90 bits per heavy atom. The van der Waals surface area contributed by atoms with E-state index in [9.17, 15) is 14.7 Å². The Bertz CT molecular complexity index is 483. The molecular weight excluding hydrogens is 274 g/mol. The average Bonchev–Trinajstić information content (AvgIpc) is 2.78. The molecule has 1 aliphatic rings. The summed E-state index contributed by atoms with van der Waals surface area (Å²) in [5, 5.41) is 16.1. The highest BCUT2D eigenvalue weighted by molar-refractivity contribution is 7.08. The van der Waals surface area contributed by atoms with E-state index in [4.69, 9.17) is 0 Å². The number of rotatable bonds is 3. The van der Waals surface area contributed by atoms with Crippen molar-refractivity contribution in [3.05, 3.63) is 21.9 Å². The molecule has 2 rings (SSSR count). The molecule has 0 spiro atoms. The topological polar surface area (TPSA) is 66.4 Å². The molecule has 1 aromatic heterocycles. The maximum absolute atomic E-state index is 12.3. The van der Waals surface area contributed by atoms with Gasteiger partial charge in [0, 0.05) is 11.4 Å². The fourth-order valence-electron chi connectivity index (χ4n) is 2.79. The molecular formula is C15H21NO3S. The van der Waals surface area contributed by atoms with E-state index in [0.717, 1.165) is 37.7 Å². The summed E-state index contributed by atoms with van der Waals surface area (Å²) in [6.45, 7) is 1.90. The zero-order valence-corrected chi connectivity index (χ0v) is 12.5. The predicted octanol–water partition coefficient (Wildman–Crippen LogP) is 3.21. The van der Waals surface area contributed by atoms with Crippen molar-refractivity contribution in [1.29, 1.82) is 0 Å². The van der Waals surface area contributed by atoms with E-state index in [1.807, 2.05) is 17.7 Å². The Hall–Kier alpha value is -1.36. The molecule has 0 radical (unpaired) electrons. The van der Waals surface area contributed by atoms with Gasteiger partial charge in [0.1, 0.15) is 0 Å². The summed E-state index contributed by atoms with van der Waals surface area (Å²) in [5.41, 5.74) is 1.62. The van der Waals surface area contributed by atoms with E-state index >= 15 is 0 Å². The van der Waals surface area contributed by atoms with Gasteiger partial charge < -0.3 is 10.4 Å². The first-order valence-corrected chi connectivity index (χ1v) is 8.10. The molecule has 2 N–H and O–H groups in total. The number of hydrogen-bond donors (Lipinski definition) is 2. The number of carboxylic acid groups (broad SMARTS) is 1. The molecule has 0 saturated heterocycles. The maximum atomic E-state index is 12.3. The van der Waals surface area contributed by atoms with Gasteiger partial charge in [0.15, 0.2) is 0 Å². The summed E-state index contributed by atoms with van der Waals surface area (Å²) in [6, 6.07) is -0.250. The number of hydrogen-bond acceptors (Lipinski definition) is 3. The summed E-state index contributed by atoms with van der Waals surface area (Å²) < 4.78 is 0. The Labute approximate surface area is 123 Å². The minimum atomic E-state index is -0.792. The average molecular weight is 295 g/mol. The van der Waals surface area contributed by atoms with Crippen molar-refractivity contribution in [2.24, 2.45) is 5.92 Å². The van der Waals surface area contributed by atoms with Crippen molar-refractivity contribution >= 4 is 23.2 Å². The predicted molar refractivity (Wildman–Crippen MR) is 79.1 cm³/mol. The first-order valence-electron chi connectivity index (χ1n) is 7.16. The Kier molecular flexibility index (Phi) is 5.17. The normalized spacial score (nSPS) is 23.6. The van der Waals surface area contributed by atoms with Crippen LogP contribution in [0.25, 0.3) is 0 Å². The SMILES string of the molecule is Cc1cscc1C(=O)NC1CCCCCCC1C(=O)O. The number of nitrogens with one attached hydrogen (secondary N) is 1. The fraction of sp³-hybridized carbons (Fsp3) is 0.600. The lowest BCUT2D eigenvalue weighted by atomic mass is 9.86. The lowest BCUT2D eigenvalue weighted by Crippen LogP contribution is -2.44. The van der Waals surface area contributed by atoms with Gasteiger partial charge in [0.05, 0.1) is 11.5 Å². The van der Waals surface area contributed by atoms with Crippen LogP contribution >= 0.6 is 11.3 Å². The van der Waals surface area contributed by atoms with Gasteiger partial charge >= 0.3 is 5.97 Å². The largest absolute Gasteiger partial charge is 0.481 e. The first-order chi connectivity index (χ1) is 9.59. The quantitative estimate of drug-likeness (QED) is 0.900. The molecule has 20 heavy (non-hydrogen) atoms. The number of carbonyl (C=O) groups is 2. The summed E-state index contributed by atoms with van der Waals surface area (Å²) in [5.74, 6) is -1.39. The minimum absolute atomic E-state index is 0.138. The third kappa shape index (κ3) is 3.60. The van der Waals surface area contributed by atoms with Crippen LogP contribution in [0, 0.1) is 12.8 Å². The third-order valence-corrected chi connectivity index (χ3v) is 4.86. The van der Waals surface area contributed by atoms with E-state index in [1.54, 1.807) is 0 Å². The number of thiophene rings is 1. The van der Waals surface area contributed by atoms with Gasteiger partial charge in [0.2, 0.25) is 0 Å². The molecule has 1 heterocycles. The van der Waals surface area contributed by atoms with E-state index in [1.165, 1.54) is 11.3 Å². The molecule has 1 fully saturated rings.